The van der Waals surface area contributed by atoms with Gasteiger partial charge in [-0.15, -0.1) is 0 Å². The molecule has 0 saturated carbocycles. The van der Waals surface area contributed by atoms with E-state index in [0.717, 1.165) is 11.8 Å². The monoisotopic (exact) mass is 498 g/mol. The summed E-state index contributed by atoms with van der Waals surface area (Å²) in [5, 5.41) is 26.8. The van der Waals surface area contributed by atoms with Crippen LogP contribution in [0.1, 0.15) is 18.6 Å². The van der Waals surface area contributed by atoms with Gasteiger partial charge in [0, 0.05) is 30.6 Å². The number of rotatable bonds is 10. The number of allylic oxidation sites excluding steroid dienone is 2. The molecule has 1 atom stereocenters. The predicted octanol–water partition coefficient (Wildman–Crippen LogP) is 3.45. The summed E-state index contributed by atoms with van der Waals surface area (Å²) in [7, 11) is 1.49. The first kappa shape index (κ1) is 25.5. The standard InChI is InChI=1S/C23H22N4O7S/c1-14-20(23(29)34-11-10-32-2)21(18-4-3-9-33-18)17(12-24)22(25-14)35-13-19(28)26-15-5-7-16(8-6-15)27(30)31/h3-9,21,25H,10-11,13H2,1-2H3,(H,26,28)/t21-/m1/s1. The maximum Gasteiger partial charge on any atom is 0.336 e. The summed E-state index contributed by atoms with van der Waals surface area (Å²) in [5.74, 6) is -1.48. The Labute approximate surface area is 204 Å². The van der Waals surface area contributed by atoms with Crippen LogP contribution in [0.5, 0.6) is 0 Å². The molecule has 1 aromatic carbocycles. The Morgan fingerprint density at radius 1 is 1.29 bits per heavy atom. The van der Waals surface area contributed by atoms with Crippen LogP contribution in [0, 0.1) is 21.4 Å². The van der Waals surface area contributed by atoms with Crippen molar-refractivity contribution in [2.75, 3.05) is 31.4 Å². The summed E-state index contributed by atoms with van der Waals surface area (Å²) in [6.45, 7) is 1.95. The number of hydrogen-bond donors (Lipinski definition) is 2. The van der Waals surface area contributed by atoms with Gasteiger partial charge < -0.3 is 24.5 Å². The average Bonchev–Trinajstić information content (AvgIpc) is 3.37. The number of benzene rings is 1. The summed E-state index contributed by atoms with van der Waals surface area (Å²) in [6.07, 6.45) is 1.44. The summed E-state index contributed by atoms with van der Waals surface area (Å²) < 4.78 is 15.7. The number of nitrogens with zero attached hydrogens (tertiary/aromatic N) is 2. The summed E-state index contributed by atoms with van der Waals surface area (Å²) in [6, 6.07) is 10.9. The van der Waals surface area contributed by atoms with E-state index < -0.39 is 16.8 Å². The number of hydrogen-bond acceptors (Lipinski definition) is 10. The van der Waals surface area contributed by atoms with Crippen molar-refractivity contribution >= 4 is 35.0 Å². The first-order valence-electron chi connectivity index (χ1n) is 10.3. The summed E-state index contributed by atoms with van der Waals surface area (Å²) in [4.78, 5) is 35.5. The van der Waals surface area contributed by atoms with E-state index in [1.54, 1.807) is 19.1 Å². The van der Waals surface area contributed by atoms with Crippen LogP contribution in [0.4, 0.5) is 11.4 Å². The lowest BCUT2D eigenvalue weighted by Crippen LogP contribution is -2.29. The van der Waals surface area contributed by atoms with Gasteiger partial charge in [-0.25, -0.2) is 4.79 Å². The van der Waals surface area contributed by atoms with E-state index in [0.29, 0.717) is 22.2 Å². The van der Waals surface area contributed by atoms with Crippen molar-refractivity contribution < 1.29 is 28.4 Å². The zero-order valence-electron chi connectivity index (χ0n) is 18.9. The van der Waals surface area contributed by atoms with Crippen LogP contribution in [-0.2, 0) is 19.1 Å². The van der Waals surface area contributed by atoms with E-state index in [4.69, 9.17) is 13.9 Å². The Morgan fingerprint density at radius 2 is 2.03 bits per heavy atom. The van der Waals surface area contributed by atoms with Crippen LogP contribution < -0.4 is 10.6 Å². The minimum absolute atomic E-state index is 0.0486. The van der Waals surface area contributed by atoms with Crippen molar-refractivity contribution in [3.8, 4) is 6.07 Å². The molecular weight excluding hydrogens is 476 g/mol. The van der Waals surface area contributed by atoms with Gasteiger partial charge in [0.25, 0.3) is 5.69 Å². The number of thioether (sulfide) groups is 1. The number of nitro benzene ring substituents is 1. The second-order valence-electron chi connectivity index (χ2n) is 7.24. The first-order chi connectivity index (χ1) is 16.8. The number of carbonyl (C=O) groups excluding carboxylic acids is 2. The molecule has 182 valence electrons. The minimum Gasteiger partial charge on any atom is -0.468 e. The number of esters is 1. The quantitative estimate of drug-likeness (QED) is 0.215. The third-order valence-corrected chi connectivity index (χ3v) is 5.94. The van der Waals surface area contributed by atoms with Crippen molar-refractivity contribution in [3.63, 3.8) is 0 Å². The predicted molar refractivity (Wildman–Crippen MR) is 127 cm³/mol. The van der Waals surface area contributed by atoms with Crippen LogP contribution in [-0.4, -0.2) is 42.9 Å². The van der Waals surface area contributed by atoms with Gasteiger partial charge in [-0.1, -0.05) is 11.8 Å². The fourth-order valence-corrected chi connectivity index (χ4v) is 4.23. The highest BCUT2D eigenvalue weighted by Crippen LogP contribution is 2.41. The van der Waals surface area contributed by atoms with E-state index in [2.05, 4.69) is 16.7 Å². The number of anilines is 1. The number of furan rings is 1. The summed E-state index contributed by atoms with van der Waals surface area (Å²) >= 11 is 1.08. The van der Waals surface area contributed by atoms with Crippen molar-refractivity contribution in [1.82, 2.24) is 5.32 Å². The largest absolute Gasteiger partial charge is 0.468 e. The van der Waals surface area contributed by atoms with Gasteiger partial charge >= 0.3 is 5.97 Å². The Morgan fingerprint density at radius 3 is 2.63 bits per heavy atom. The Kier molecular flexibility index (Phi) is 8.66. The number of methoxy groups -OCH3 is 1. The number of amides is 1. The van der Waals surface area contributed by atoms with Gasteiger partial charge in [0.2, 0.25) is 5.91 Å². The second kappa shape index (κ2) is 11.9. The number of nitro groups is 1. The molecule has 11 nitrogen and oxygen atoms in total. The average molecular weight is 499 g/mol. The van der Waals surface area contributed by atoms with Gasteiger partial charge in [-0.3, -0.25) is 14.9 Å². The van der Waals surface area contributed by atoms with Crippen LogP contribution in [0.2, 0.25) is 0 Å². The smallest absolute Gasteiger partial charge is 0.336 e. The Balaban J connectivity index is 1.78. The van der Waals surface area contributed by atoms with Crippen molar-refractivity contribution in [2.45, 2.75) is 12.8 Å². The third-order valence-electron chi connectivity index (χ3n) is 4.93. The number of dihydropyridines is 1. The normalized spacial score (nSPS) is 15.3. The molecule has 1 aromatic heterocycles. The Hall–Kier alpha value is -4.08. The molecule has 1 amide bonds. The molecule has 1 aliphatic rings. The molecule has 3 rings (SSSR count). The van der Waals surface area contributed by atoms with Crippen molar-refractivity contribution in [3.05, 3.63) is 80.4 Å². The molecule has 0 bridgehead atoms. The lowest BCUT2D eigenvalue weighted by molar-refractivity contribution is -0.384. The molecule has 2 heterocycles. The highest BCUT2D eigenvalue weighted by molar-refractivity contribution is 8.03. The van der Waals surface area contributed by atoms with E-state index in [-0.39, 0.29) is 41.7 Å². The van der Waals surface area contributed by atoms with E-state index in [1.807, 2.05) is 0 Å². The van der Waals surface area contributed by atoms with Crippen LogP contribution in [0.15, 0.2) is 69.0 Å². The molecule has 0 radical (unpaired) electrons. The number of nitrogens with one attached hydrogen (secondary N) is 2. The SMILES string of the molecule is COCCOC(=O)C1=C(C)NC(SCC(=O)Nc2ccc([N+](=O)[O-])cc2)=C(C#N)[C@@H]1c1ccco1. The molecule has 35 heavy (non-hydrogen) atoms. The summed E-state index contributed by atoms with van der Waals surface area (Å²) in [5.41, 5.74) is 1.21. The van der Waals surface area contributed by atoms with Crippen LogP contribution >= 0.6 is 11.8 Å². The van der Waals surface area contributed by atoms with Gasteiger partial charge in [0.15, 0.2) is 0 Å². The number of ether oxygens (including phenoxy) is 2. The third kappa shape index (κ3) is 6.28. The number of nitriles is 1. The van der Waals surface area contributed by atoms with Crippen LogP contribution in [0.3, 0.4) is 0 Å². The second-order valence-corrected chi connectivity index (χ2v) is 8.22. The first-order valence-corrected chi connectivity index (χ1v) is 11.3. The fourth-order valence-electron chi connectivity index (χ4n) is 3.33. The fraction of sp³-hybridized carbons (Fsp3) is 0.261. The Bertz CT molecular complexity index is 1200. The van der Waals surface area contributed by atoms with Gasteiger partial charge in [0.1, 0.15) is 12.4 Å². The van der Waals surface area contributed by atoms with E-state index in [1.165, 1.54) is 37.6 Å². The molecule has 0 fully saturated rings. The molecular formula is C23H22N4O7S. The van der Waals surface area contributed by atoms with Gasteiger partial charge in [0.05, 0.1) is 51.7 Å². The molecule has 2 N–H and O–H groups in total. The maximum absolute atomic E-state index is 12.8. The maximum atomic E-state index is 12.8. The lowest BCUT2D eigenvalue weighted by atomic mass is 9.86. The molecule has 0 spiro atoms. The molecule has 2 aromatic rings. The van der Waals surface area contributed by atoms with Crippen molar-refractivity contribution in [1.29, 1.82) is 5.26 Å². The zero-order valence-corrected chi connectivity index (χ0v) is 19.7. The highest BCUT2D eigenvalue weighted by Gasteiger charge is 2.37. The van der Waals surface area contributed by atoms with Crippen LogP contribution in [0.25, 0.3) is 0 Å². The molecule has 0 aliphatic carbocycles. The minimum atomic E-state index is -0.813. The van der Waals surface area contributed by atoms with Crippen molar-refractivity contribution in [2.24, 2.45) is 0 Å². The lowest BCUT2D eigenvalue weighted by Gasteiger charge is -2.27. The number of carbonyl (C=O) groups is 2. The highest BCUT2D eigenvalue weighted by atomic mass is 32.2. The molecule has 0 saturated heterocycles. The van der Waals surface area contributed by atoms with Gasteiger partial charge in [-0.05, 0) is 31.2 Å². The van der Waals surface area contributed by atoms with Gasteiger partial charge in [-0.2, -0.15) is 5.26 Å². The van der Waals surface area contributed by atoms with E-state index in [9.17, 15) is 25.0 Å². The zero-order chi connectivity index (χ0) is 25.4. The van der Waals surface area contributed by atoms with E-state index >= 15 is 0 Å². The number of non-ortho nitro benzene ring substituents is 1. The molecule has 12 heteroatoms. The molecule has 0 unspecified atom stereocenters. The molecule has 1 aliphatic heterocycles. The topological polar surface area (TPSA) is 157 Å².